The van der Waals surface area contributed by atoms with Crippen LogP contribution in [0.25, 0.3) is 10.9 Å². The smallest absolute Gasteiger partial charge is 0.0737 e. The molecule has 2 aromatic rings. The van der Waals surface area contributed by atoms with E-state index in [-0.39, 0.29) is 0 Å². The molecule has 2 rings (SSSR count). The Kier molecular flexibility index (Phi) is 3.11. The van der Waals surface area contributed by atoms with E-state index in [0.29, 0.717) is 5.02 Å². The third-order valence-electron chi connectivity index (χ3n) is 2.29. The van der Waals surface area contributed by atoms with Crippen molar-refractivity contribution < 1.29 is 0 Å². The first kappa shape index (κ1) is 11.0. The first-order valence-corrected chi connectivity index (χ1v) is 5.47. The minimum absolute atomic E-state index is 0.706. The molecule has 0 aliphatic rings. The Hall–Kier alpha value is -1.54. The van der Waals surface area contributed by atoms with Gasteiger partial charge in [-0.2, -0.15) is 0 Å². The summed E-state index contributed by atoms with van der Waals surface area (Å²) in [5.41, 5.74) is 3.06. The summed E-state index contributed by atoms with van der Waals surface area (Å²) < 4.78 is 0. The zero-order valence-corrected chi connectivity index (χ0v) is 9.88. The van der Waals surface area contributed by atoms with E-state index in [9.17, 15) is 0 Å². The second kappa shape index (κ2) is 4.54. The van der Waals surface area contributed by atoms with Crippen molar-refractivity contribution in [2.24, 2.45) is 0 Å². The topological polar surface area (TPSA) is 24.9 Å². The van der Waals surface area contributed by atoms with E-state index in [1.165, 1.54) is 0 Å². The van der Waals surface area contributed by atoms with E-state index in [1.807, 2.05) is 31.2 Å². The molecule has 0 unspecified atom stereocenters. The molecule has 16 heavy (non-hydrogen) atoms. The first-order chi connectivity index (χ1) is 7.66. The second-order valence-corrected chi connectivity index (χ2v) is 4.27. The summed E-state index contributed by atoms with van der Waals surface area (Å²) in [5.74, 6) is 0. The highest BCUT2D eigenvalue weighted by atomic mass is 35.5. The van der Waals surface area contributed by atoms with Crippen LogP contribution in [0.2, 0.25) is 5.02 Å². The van der Waals surface area contributed by atoms with Crippen molar-refractivity contribution in [1.29, 1.82) is 0 Å². The van der Waals surface area contributed by atoms with Crippen molar-refractivity contribution >= 4 is 28.2 Å². The normalized spacial score (nSPS) is 10.4. The van der Waals surface area contributed by atoms with E-state index < -0.39 is 0 Å². The van der Waals surface area contributed by atoms with E-state index in [0.717, 1.165) is 28.7 Å². The molecule has 1 heterocycles. The standard InChI is InChI=1S/C13H13ClN2/c1-9(2)8-16-12-5-6-15-13-7-10(14)3-4-11(12)13/h3-7H,1,8H2,2H3,(H,15,16). The molecule has 1 aromatic carbocycles. The molecule has 3 heteroatoms. The molecule has 0 atom stereocenters. The molecule has 1 N–H and O–H groups in total. The number of hydrogen-bond donors (Lipinski definition) is 1. The van der Waals surface area contributed by atoms with Gasteiger partial charge in [0.05, 0.1) is 5.52 Å². The number of aromatic nitrogens is 1. The molecule has 0 fully saturated rings. The Morgan fingerprint density at radius 2 is 2.25 bits per heavy atom. The molecule has 0 aliphatic heterocycles. The number of anilines is 1. The Morgan fingerprint density at radius 3 is 3.00 bits per heavy atom. The average Bonchev–Trinajstić information content (AvgIpc) is 2.25. The van der Waals surface area contributed by atoms with Crippen LogP contribution in [-0.4, -0.2) is 11.5 Å². The molecule has 82 valence electrons. The van der Waals surface area contributed by atoms with Gasteiger partial charge >= 0.3 is 0 Å². The lowest BCUT2D eigenvalue weighted by Crippen LogP contribution is -2.02. The predicted octanol–water partition coefficient (Wildman–Crippen LogP) is 3.88. The molecule has 0 amide bonds. The van der Waals surface area contributed by atoms with Gasteiger partial charge in [0.1, 0.15) is 0 Å². The SMILES string of the molecule is C=C(C)CNc1ccnc2cc(Cl)ccc12. The first-order valence-electron chi connectivity index (χ1n) is 5.09. The molecular formula is C13H13ClN2. The summed E-state index contributed by atoms with van der Waals surface area (Å²) in [6.45, 7) is 6.62. The van der Waals surface area contributed by atoms with Crippen LogP contribution in [0.4, 0.5) is 5.69 Å². The largest absolute Gasteiger partial charge is 0.381 e. The second-order valence-electron chi connectivity index (χ2n) is 3.83. The van der Waals surface area contributed by atoms with E-state index in [4.69, 9.17) is 11.6 Å². The van der Waals surface area contributed by atoms with Gasteiger partial charge in [-0.15, -0.1) is 0 Å². The molecular weight excluding hydrogens is 220 g/mol. The molecule has 0 spiro atoms. The number of halogens is 1. The Balaban J connectivity index is 2.41. The molecule has 0 saturated carbocycles. The highest BCUT2D eigenvalue weighted by Gasteiger charge is 2.01. The molecule has 1 aromatic heterocycles. The van der Waals surface area contributed by atoms with Crippen molar-refractivity contribution in [2.45, 2.75) is 6.92 Å². The highest BCUT2D eigenvalue weighted by molar-refractivity contribution is 6.31. The fourth-order valence-corrected chi connectivity index (χ4v) is 1.69. The van der Waals surface area contributed by atoms with Crippen LogP contribution in [0.5, 0.6) is 0 Å². The molecule has 0 saturated heterocycles. The minimum Gasteiger partial charge on any atom is -0.381 e. The summed E-state index contributed by atoms with van der Waals surface area (Å²) in [5, 5.41) is 5.11. The Morgan fingerprint density at radius 1 is 1.44 bits per heavy atom. The van der Waals surface area contributed by atoms with Crippen molar-refractivity contribution in [2.75, 3.05) is 11.9 Å². The van der Waals surface area contributed by atoms with Crippen LogP contribution < -0.4 is 5.32 Å². The van der Waals surface area contributed by atoms with E-state index in [2.05, 4.69) is 16.9 Å². The maximum Gasteiger partial charge on any atom is 0.0737 e. The van der Waals surface area contributed by atoms with Crippen molar-refractivity contribution in [1.82, 2.24) is 4.98 Å². The predicted molar refractivity (Wildman–Crippen MR) is 70.1 cm³/mol. The van der Waals surface area contributed by atoms with Crippen molar-refractivity contribution in [3.63, 3.8) is 0 Å². The van der Waals surface area contributed by atoms with Gasteiger partial charge in [0.15, 0.2) is 0 Å². The average molecular weight is 233 g/mol. The number of rotatable bonds is 3. The van der Waals surface area contributed by atoms with Crippen LogP contribution in [0.15, 0.2) is 42.6 Å². The number of nitrogens with zero attached hydrogens (tertiary/aromatic N) is 1. The number of hydrogen-bond acceptors (Lipinski definition) is 2. The third-order valence-corrected chi connectivity index (χ3v) is 2.52. The molecule has 0 aliphatic carbocycles. The molecule has 0 bridgehead atoms. The summed E-state index contributed by atoms with van der Waals surface area (Å²) in [6, 6.07) is 7.67. The summed E-state index contributed by atoms with van der Waals surface area (Å²) in [4.78, 5) is 4.28. The lowest BCUT2D eigenvalue weighted by atomic mass is 10.2. The fraction of sp³-hybridized carbons (Fsp3) is 0.154. The van der Waals surface area contributed by atoms with Gasteiger partial charge in [-0.05, 0) is 31.2 Å². The number of benzene rings is 1. The zero-order valence-electron chi connectivity index (χ0n) is 9.13. The van der Waals surface area contributed by atoms with Crippen LogP contribution in [-0.2, 0) is 0 Å². The summed E-state index contributed by atoms with van der Waals surface area (Å²) in [6.07, 6.45) is 1.78. The minimum atomic E-state index is 0.706. The van der Waals surface area contributed by atoms with Gasteiger partial charge < -0.3 is 5.32 Å². The van der Waals surface area contributed by atoms with Gasteiger partial charge in [-0.3, -0.25) is 4.98 Å². The zero-order chi connectivity index (χ0) is 11.5. The van der Waals surface area contributed by atoms with Crippen molar-refractivity contribution in [3.05, 3.63) is 47.6 Å². The van der Waals surface area contributed by atoms with Gasteiger partial charge in [-0.1, -0.05) is 23.8 Å². The van der Waals surface area contributed by atoms with Gasteiger partial charge in [0.25, 0.3) is 0 Å². The van der Waals surface area contributed by atoms with Crippen LogP contribution in [0.1, 0.15) is 6.92 Å². The maximum atomic E-state index is 5.92. The van der Waals surface area contributed by atoms with Gasteiger partial charge in [-0.25, -0.2) is 0 Å². The lowest BCUT2D eigenvalue weighted by molar-refractivity contribution is 1.22. The fourth-order valence-electron chi connectivity index (χ4n) is 1.52. The Labute approximate surface area is 100.0 Å². The number of fused-ring (bicyclic) bond motifs is 1. The van der Waals surface area contributed by atoms with Crippen LogP contribution in [0.3, 0.4) is 0 Å². The maximum absolute atomic E-state index is 5.92. The lowest BCUT2D eigenvalue weighted by Gasteiger charge is -2.09. The monoisotopic (exact) mass is 232 g/mol. The molecule has 2 nitrogen and oxygen atoms in total. The van der Waals surface area contributed by atoms with Crippen LogP contribution >= 0.6 is 11.6 Å². The van der Waals surface area contributed by atoms with E-state index >= 15 is 0 Å². The third kappa shape index (κ3) is 2.34. The van der Waals surface area contributed by atoms with Crippen LogP contribution in [0, 0.1) is 0 Å². The van der Waals surface area contributed by atoms with Gasteiger partial charge in [0.2, 0.25) is 0 Å². The number of pyridine rings is 1. The quantitative estimate of drug-likeness (QED) is 0.813. The van der Waals surface area contributed by atoms with E-state index in [1.54, 1.807) is 6.20 Å². The molecule has 0 radical (unpaired) electrons. The Bertz CT molecular complexity index is 534. The summed E-state index contributed by atoms with van der Waals surface area (Å²) in [7, 11) is 0. The highest BCUT2D eigenvalue weighted by Crippen LogP contribution is 2.24. The summed E-state index contributed by atoms with van der Waals surface area (Å²) >= 11 is 5.92. The number of nitrogens with one attached hydrogen (secondary N) is 1. The van der Waals surface area contributed by atoms with Gasteiger partial charge in [0, 0.05) is 28.8 Å². The van der Waals surface area contributed by atoms with Crippen molar-refractivity contribution in [3.8, 4) is 0 Å².